The van der Waals surface area contributed by atoms with Gasteiger partial charge in [-0.3, -0.25) is 0 Å². The summed E-state index contributed by atoms with van der Waals surface area (Å²) >= 11 is 0. The van der Waals surface area contributed by atoms with Crippen molar-refractivity contribution in [1.29, 1.82) is 0 Å². The molecule has 1 fully saturated rings. The normalized spacial score (nSPS) is 17.4. The third-order valence-corrected chi connectivity index (χ3v) is 2.73. The minimum atomic E-state index is -0.184. The lowest BCUT2D eigenvalue weighted by Crippen LogP contribution is -2.13. The Labute approximate surface area is 89.9 Å². The Morgan fingerprint density at radius 2 is 2.07 bits per heavy atom. The van der Waals surface area contributed by atoms with Crippen LogP contribution in [0.3, 0.4) is 0 Å². The first-order valence-electron chi connectivity index (χ1n) is 4.70. The van der Waals surface area contributed by atoms with E-state index in [2.05, 4.69) is 0 Å². The average Bonchev–Trinajstić information content (AvgIpc) is 2.91. The number of benzene rings is 1. The summed E-state index contributed by atoms with van der Waals surface area (Å²) in [6, 6.07) is 4.89. The van der Waals surface area contributed by atoms with E-state index in [1.54, 1.807) is 12.1 Å². The zero-order valence-electron chi connectivity index (χ0n) is 8.16. The van der Waals surface area contributed by atoms with Crippen LogP contribution in [0.25, 0.3) is 0 Å². The first-order chi connectivity index (χ1) is 6.18. The van der Waals surface area contributed by atoms with E-state index in [4.69, 9.17) is 5.73 Å². The largest absolute Gasteiger partial charge is 0.324 e. The molecule has 0 heterocycles. The molecule has 1 atom stereocenters. The van der Waals surface area contributed by atoms with E-state index in [-0.39, 0.29) is 24.3 Å². The molecule has 2 rings (SSSR count). The number of hydrogen-bond donors (Lipinski definition) is 1. The second-order valence-corrected chi connectivity index (χ2v) is 3.86. The van der Waals surface area contributed by atoms with Crippen molar-refractivity contribution >= 4 is 12.4 Å². The second-order valence-electron chi connectivity index (χ2n) is 3.86. The molecular formula is C11H15ClFN. The fourth-order valence-electron chi connectivity index (χ4n) is 1.68. The van der Waals surface area contributed by atoms with Crippen LogP contribution >= 0.6 is 12.4 Å². The van der Waals surface area contributed by atoms with Crippen LogP contribution in [0.15, 0.2) is 18.2 Å². The van der Waals surface area contributed by atoms with Crippen molar-refractivity contribution in [2.45, 2.75) is 25.8 Å². The standard InChI is InChI=1S/C11H14FN.ClH/c1-7-2-5-9(12)6-10(7)11(13)8-3-4-8;/h2,5-6,8,11H,3-4,13H2,1H3;1H/t11-;/m0./s1. The zero-order valence-corrected chi connectivity index (χ0v) is 8.98. The van der Waals surface area contributed by atoms with Gasteiger partial charge in [-0.05, 0) is 48.9 Å². The van der Waals surface area contributed by atoms with Gasteiger partial charge in [-0.1, -0.05) is 6.07 Å². The summed E-state index contributed by atoms with van der Waals surface area (Å²) in [5, 5.41) is 0. The Morgan fingerprint density at radius 1 is 1.43 bits per heavy atom. The van der Waals surface area contributed by atoms with E-state index in [1.807, 2.05) is 6.92 Å². The van der Waals surface area contributed by atoms with Gasteiger partial charge >= 0.3 is 0 Å². The van der Waals surface area contributed by atoms with Crippen LogP contribution in [0.5, 0.6) is 0 Å². The number of nitrogens with two attached hydrogens (primary N) is 1. The zero-order chi connectivity index (χ0) is 9.42. The van der Waals surface area contributed by atoms with Gasteiger partial charge in [0.25, 0.3) is 0 Å². The topological polar surface area (TPSA) is 26.0 Å². The van der Waals surface area contributed by atoms with Gasteiger partial charge in [-0.25, -0.2) is 4.39 Å². The fraction of sp³-hybridized carbons (Fsp3) is 0.455. The predicted molar refractivity (Wildman–Crippen MR) is 58.0 cm³/mol. The monoisotopic (exact) mass is 215 g/mol. The lowest BCUT2D eigenvalue weighted by atomic mass is 9.98. The quantitative estimate of drug-likeness (QED) is 0.807. The van der Waals surface area contributed by atoms with Gasteiger partial charge in [0.05, 0.1) is 0 Å². The number of rotatable bonds is 2. The van der Waals surface area contributed by atoms with Crippen molar-refractivity contribution < 1.29 is 4.39 Å². The molecule has 0 unspecified atom stereocenters. The first-order valence-corrected chi connectivity index (χ1v) is 4.70. The van der Waals surface area contributed by atoms with Gasteiger partial charge in [0.2, 0.25) is 0 Å². The molecule has 0 radical (unpaired) electrons. The lowest BCUT2D eigenvalue weighted by Gasteiger charge is -2.13. The molecule has 78 valence electrons. The maximum atomic E-state index is 12.9. The highest BCUT2D eigenvalue weighted by molar-refractivity contribution is 5.85. The Balaban J connectivity index is 0.000000980. The Kier molecular flexibility index (Phi) is 3.51. The van der Waals surface area contributed by atoms with Gasteiger partial charge in [-0.15, -0.1) is 12.4 Å². The van der Waals surface area contributed by atoms with Crippen molar-refractivity contribution in [3.63, 3.8) is 0 Å². The second kappa shape index (κ2) is 4.28. The van der Waals surface area contributed by atoms with Crippen molar-refractivity contribution in [1.82, 2.24) is 0 Å². The van der Waals surface area contributed by atoms with E-state index in [0.29, 0.717) is 5.92 Å². The third kappa shape index (κ3) is 2.25. The van der Waals surface area contributed by atoms with E-state index in [9.17, 15) is 4.39 Å². The molecule has 1 aromatic rings. The van der Waals surface area contributed by atoms with Gasteiger partial charge in [0.1, 0.15) is 5.82 Å². The first kappa shape index (κ1) is 11.5. The third-order valence-electron chi connectivity index (χ3n) is 2.73. The van der Waals surface area contributed by atoms with E-state index >= 15 is 0 Å². The molecule has 0 spiro atoms. The number of halogens is 2. The van der Waals surface area contributed by atoms with E-state index in [1.165, 1.54) is 18.9 Å². The highest BCUT2D eigenvalue weighted by atomic mass is 35.5. The Morgan fingerprint density at radius 3 is 2.64 bits per heavy atom. The molecular weight excluding hydrogens is 201 g/mol. The Hall–Kier alpha value is -0.600. The lowest BCUT2D eigenvalue weighted by molar-refractivity contribution is 0.599. The van der Waals surface area contributed by atoms with Crippen LogP contribution in [0.1, 0.15) is 30.0 Å². The van der Waals surface area contributed by atoms with Gasteiger partial charge < -0.3 is 5.73 Å². The summed E-state index contributed by atoms with van der Waals surface area (Å²) in [4.78, 5) is 0. The van der Waals surface area contributed by atoms with Crippen molar-refractivity contribution in [2.24, 2.45) is 11.7 Å². The molecule has 0 aromatic heterocycles. The molecule has 3 heteroatoms. The van der Waals surface area contributed by atoms with Gasteiger partial charge in [0, 0.05) is 6.04 Å². The summed E-state index contributed by atoms with van der Waals surface area (Å²) in [6.07, 6.45) is 2.38. The summed E-state index contributed by atoms with van der Waals surface area (Å²) in [5.41, 5.74) is 8.08. The molecule has 0 bridgehead atoms. The van der Waals surface area contributed by atoms with Crippen LogP contribution in [0.4, 0.5) is 4.39 Å². The van der Waals surface area contributed by atoms with Gasteiger partial charge in [-0.2, -0.15) is 0 Å². The van der Waals surface area contributed by atoms with Crippen LogP contribution < -0.4 is 5.73 Å². The molecule has 2 N–H and O–H groups in total. The number of aryl methyl sites for hydroxylation is 1. The van der Waals surface area contributed by atoms with Gasteiger partial charge in [0.15, 0.2) is 0 Å². The summed E-state index contributed by atoms with van der Waals surface area (Å²) in [6.45, 7) is 1.98. The van der Waals surface area contributed by atoms with Crippen LogP contribution in [-0.4, -0.2) is 0 Å². The van der Waals surface area contributed by atoms with E-state index < -0.39 is 0 Å². The molecule has 1 saturated carbocycles. The highest BCUT2D eigenvalue weighted by Crippen LogP contribution is 2.40. The maximum Gasteiger partial charge on any atom is 0.123 e. The fourth-order valence-corrected chi connectivity index (χ4v) is 1.68. The maximum absolute atomic E-state index is 12.9. The van der Waals surface area contributed by atoms with E-state index in [0.717, 1.165) is 11.1 Å². The van der Waals surface area contributed by atoms with Crippen molar-refractivity contribution in [3.8, 4) is 0 Å². The molecule has 1 aliphatic carbocycles. The van der Waals surface area contributed by atoms with Crippen molar-refractivity contribution in [3.05, 3.63) is 35.1 Å². The predicted octanol–water partition coefficient (Wildman–Crippen LogP) is 2.97. The van der Waals surface area contributed by atoms with Crippen LogP contribution in [0, 0.1) is 18.7 Å². The van der Waals surface area contributed by atoms with Crippen LogP contribution in [-0.2, 0) is 0 Å². The highest BCUT2D eigenvalue weighted by Gasteiger charge is 2.30. The smallest absolute Gasteiger partial charge is 0.123 e. The van der Waals surface area contributed by atoms with Crippen LogP contribution in [0.2, 0.25) is 0 Å². The molecule has 1 aromatic carbocycles. The molecule has 14 heavy (non-hydrogen) atoms. The number of hydrogen-bond acceptors (Lipinski definition) is 1. The SMILES string of the molecule is Cc1ccc(F)cc1[C@@H](N)C1CC1.Cl. The molecule has 0 aliphatic heterocycles. The summed E-state index contributed by atoms with van der Waals surface area (Å²) in [7, 11) is 0. The van der Waals surface area contributed by atoms with Crippen molar-refractivity contribution in [2.75, 3.05) is 0 Å². The molecule has 1 aliphatic rings. The molecule has 1 nitrogen and oxygen atoms in total. The average molecular weight is 216 g/mol. The summed E-state index contributed by atoms with van der Waals surface area (Å²) < 4.78 is 12.9. The minimum absolute atomic E-state index is 0. The molecule has 0 saturated heterocycles. The Bertz CT molecular complexity index is 323. The molecule has 0 amide bonds. The minimum Gasteiger partial charge on any atom is -0.324 e. The summed E-state index contributed by atoms with van der Waals surface area (Å²) in [5.74, 6) is 0.400.